The van der Waals surface area contributed by atoms with Gasteiger partial charge >= 0.3 is 0 Å². The van der Waals surface area contributed by atoms with E-state index in [4.69, 9.17) is 23.8 Å². The third-order valence-corrected chi connectivity index (χ3v) is 10.1. The zero-order valence-electron chi connectivity index (χ0n) is 34.5. The molecular weight excluding hydrogens is 793 g/mol. The van der Waals surface area contributed by atoms with E-state index in [0.29, 0.717) is 59.9 Å². The highest BCUT2D eigenvalue weighted by atomic mass is 16.2. The number of aryl methyl sites for hydroxylation is 2. The molecule has 0 fully saturated rings. The quantitative estimate of drug-likeness (QED) is 0.0880. The lowest BCUT2D eigenvalue weighted by atomic mass is 10.0. The van der Waals surface area contributed by atoms with Crippen LogP contribution in [0.25, 0.3) is 26.7 Å². The Kier molecular flexibility index (Phi) is 12.9. The van der Waals surface area contributed by atoms with Crippen LogP contribution >= 0.6 is 0 Å². The summed E-state index contributed by atoms with van der Waals surface area (Å²) >= 11 is 0. The molecule has 6 heterocycles. The molecule has 0 saturated carbocycles. The fourth-order valence-electron chi connectivity index (χ4n) is 6.76. The first-order chi connectivity index (χ1) is 30.4. The molecule has 2 aromatic carbocycles. The Morgan fingerprint density at radius 2 is 1.08 bits per heavy atom. The van der Waals surface area contributed by atoms with Gasteiger partial charge in [0.05, 0.1) is 23.2 Å². The van der Waals surface area contributed by atoms with Crippen LogP contribution in [0.4, 0.5) is 17.3 Å². The first-order valence-electron chi connectivity index (χ1n) is 19.8. The van der Waals surface area contributed by atoms with E-state index in [2.05, 4.69) is 45.4 Å². The maximum Gasteiger partial charge on any atom is 0.251 e. The molecule has 0 bridgehead atoms. The summed E-state index contributed by atoms with van der Waals surface area (Å²) in [5.74, 6) is 0.0194. The van der Waals surface area contributed by atoms with Gasteiger partial charge in [-0.2, -0.15) is 0 Å². The number of rotatable bonds is 11. The lowest BCUT2D eigenvalue weighted by Gasteiger charge is -2.09. The zero-order chi connectivity index (χ0) is 44.5. The molecule has 63 heavy (non-hydrogen) atoms. The van der Waals surface area contributed by atoms with Gasteiger partial charge in [0.1, 0.15) is 11.6 Å². The van der Waals surface area contributed by atoms with Crippen molar-refractivity contribution in [2.45, 2.75) is 39.8 Å². The third kappa shape index (κ3) is 11.0. The molecule has 0 aliphatic heterocycles. The van der Waals surface area contributed by atoms with Gasteiger partial charge in [-0.05, 0) is 108 Å². The predicted octanol–water partition coefficient (Wildman–Crippen LogP) is 6.52. The predicted molar refractivity (Wildman–Crippen MR) is 241 cm³/mol. The van der Waals surface area contributed by atoms with Crippen molar-refractivity contribution in [1.29, 1.82) is 0 Å². The van der Waals surface area contributed by atoms with Gasteiger partial charge in [-0.15, -0.1) is 0 Å². The highest BCUT2D eigenvalue weighted by Crippen LogP contribution is 2.22. The number of carbonyl (C=O) groups excluding carboxylic acids is 3. The van der Waals surface area contributed by atoms with E-state index < -0.39 is 5.91 Å². The summed E-state index contributed by atoms with van der Waals surface area (Å²) in [4.78, 5) is 65.9. The summed E-state index contributed by atoms with van der Waals surface area (Å²) in [5.41, 5.74) is 27.2. The number of nitrogen functional groups attached to an aromatic ring is 2. The van der Waals surface area contributed by atoms with E-state index in [9.17, 15) is 14.4 Å². The van der Waals surface area contributed by atoms with Crippen molar-refractivity contribution < 1.29 is 14.4 Å². The number of anilines is 2. The Hall–Kier alpha value is -8.64. The Labute approximate surface area is 362 Å². The van der Waals surface area contributed by atoms with E-state index in [1.54, 1.807) is 61.1 Å². The van der Waals surface area contributed by atoms with E-state index in [-0.39, 0.29) is 11.8 Å². The summed E-state index contributed by atoms with van der Waals surface area (Å²) in [6.07, 6.45) is 7.39. The SMILES string of the molecule is Cc1nc(N)ccc1CNC(=O)c1ccnc(Cc2ccc3ncc(C(N)=O)cc3c2)c1.[C-]#[N+]c1cnc2ccc(Cc3cc(C(=O)NCc4ccc(N)nc4C)ccn3)cc2c1. The van der Waals surface area contributed by atoms with Crippen LogP contribution in [0.1, 0.15) is 76.1 Å². The lowest BCUT2D eigenvalue weighted by molar-refractivity contribution is 0.0942. The van der Waals surface area contributed by atoms with Crippen molar-refractivity contribution in [3.05, 3.63) is 195 Å². The normalized spacial score (nSPS) is 10.7. The second-order valence-electron chi connectivity index (χ2n) is 14.7. The first kappa shape index (κ1) is 42.5. The van der Waals surface area contributed by atoms with Crippen molar-refractivity contribution >= 4 is 56.9 Å². The molecule has 0 atom stereocenters. The Balaban J connectivity index is 0.000000189. The molecule has 0 radical (unpaired) electrons. The highest BCUT2D eigenvalue weighted by molar-refractivity contribution is 5.96. The molecule has 0 spiro atoms. The molecular formula is C48H42N12O3. The molecule has 3 amide bonds. The minimum atomic E-state index is -0.518. The average molecular weight is 835 g/mol. The van der Waals surface area contributed by atoms with Gasteiger partial charge in [-0.25, -0.2) is 14.8 Å². The third-order valence-electron chi connectivity index (χ3n) is 10.1. The molecule has 6 aromatic heterocycles. The van der Waals surface area contributed by atoms with Gasteiger partial charge in [0, 0.05) is 90.0 Å². The molecule has 8 rings (SSSR count). The largest absolute Gasteiger partial charge is 0.384 e. The number of nitrogens with one attached hydrogen (secondary N) is 2. The number of nitrogens with two attached hydrogens (primary N) is 3. The molecule has 312 valence electrons. The summed E-state index contributed by atoms with van der Waals surface area (Å²) in [6.45, 7) is 11.6. The lowest BCUT2D eigenvalue weighted by Crippen LogP contribution is -2.23. The number of amides is 3. The van der Waals surface area contributed by atoms with E-state index >= 15 is 0 Å². The number of primary amides is 1. The van der Waals surface area contributed by atoms with E-state index in [1.165, 1.54) is 6.20 Å². The summed E-state index contributed by atoms with van der Waals surface area (Å²) in [6, 6.07) is 29.3. The molecule has 15 heteroatoms. The molecule has 0 unspecified atom stereocenters. The van der Waals surface area contributed by atoms with E-state index in [0.717, 1.165) is 66.8 Å². The average Bonchev–Trinajstić information content (AvgIpc) is 3.28. The van der Waals surface area contributed by atoms with Crippen LogP contribution in [-0.2, 0) is 25.9 Å². The molecule has 8 N–H and O–H groups in total. The van der Waals surface area contributed by atoms with Gasteiger partial charge in [0.15, 0.2) is 0 Å². The number of carbonyl (C=O) groups is 3. The summed E-state index contributed by atoms with van der Waals surface area (Å²) in [5, 5.41) is 7.56. The second kappa shape index (κ2) is 19.2. The van der Waals surface area contributed by atoms with Gasteiger partial charge in [-0.3, -0.25) is 34.3 Å². The Morgan fingerprint density at radius 1 is 0.587 bits per heavy atom. The molecule has 8 aromatic rings. The minimum Gasteiger partial charge on any atom is -0.384 e. The van der Waals surface area contributed by atoms with Crippen LogP contribution in [0, 0.1) is 20.4 Å². The van der Waals surface area contributed by atoms with Crippen LogP contribution in [0.3, 0.4) is 0 Å². The van der Waals surface area contributed by atoms with Crippen molar-refractivity contribution in [3.63, 3.8) is 0 Å². The van der Waals surface area contributed by atoms with Crippen molar-refractivity contribution in [2.75, 3.05) is 11.5 Å². The van der Waals surface area contributed by atoms with Crippen LogP contribution in [0.15, 0.2) is 122 Å². The van der Waals surface area contributed by atoms with Crippen LogP contribution in [0.2, 0.25) is 0 Å². The topological polar surface area (TPSA) is 235 Å². The summed E-state index contributed by atoms with van der Waals surface area (Å²) in [7, 11) is 0. The van der Waals surface area contributed by atoms with Crippen molar-refractivity contribution in [2.24, 2.45) is 5.73 Å². The first-order valence-corrected chi connectivity index (χ1v) is 19.8. The zero-order valence-corrected chi connectivity index (χ0v) is 34.5. The van der Waals surface area contributed by atoms with Crippen LogP contribution < -0.4 is 27.8 Å². The number of pyridine rings is 6. The molecule has 15 nitrogen and oxygen atoms in total. The van der Waals surface area contributed by atoms with Gasteiger partial charge in [0.25, 0.3) is 11.8 Å². The molecule has 0 saturated heterocycles. The van der Waals surface area contributed by atoms with Gasteiger partial charge < -0.3 is 27.8 Å². The fraction of sp³-hybridized carbons (Fsp3) is 0.125. The van der Waals surface area contributed by atoms with Crippen LogP contribution in [0.5, 0.6) is 0 Å². The van der Waals surface area contributed by atoms with Crippen molar-refractivity contribution in [1.82, 2.24) is 40.5 Å². The van der Waals surface area contributed by atoms with E-state index in [1.807, 2.05) is 68.4 Å². The number of fused-ring (bicyclic) bond motifs is 2. The highest BCUT2D eigenvalue weighted by Gasteiger charge is 2.12. The maximum absolute atomic E-state index is 12.6. The number of hydrogen-bond donors (Lipinski definition) is 5. The van der Waals surface area contributed by atoms with Crippen molar-refractivity contribution in [3.8, 4) is 0 Å². The number of aromatic nitrogens is 6. The Bertz CT molecular complexity index is 3070. The maximum atomic E-state index is 12.6. The molecule has 0 aliphatic carbocycles. The summed E-state index contributed by atoms with van der Waals surface area (Å²) < 4.78 is 0. The second-order valence-corrected chi connectivity index (χ2v) is 14.7. The minimum absolute atomic E-state index is 0.177. The van der Waals surface area contributed by atoms with Gasteiger partial charge in [0.2, 0.25) is 11.6 Å². The van der Waals surface area contributed by atoms with Crippen LogP contribution in [-0.4, -0.2) is 47.6 Å². The van der Waals surface area contributed by atoms with Gasteiger partial charge in [-0.1, -0.05) is 30.3 Å². The number of nitrogens with zero attached hydrogens (tertiary/aromatic N) is 7. The molecule has 0 aliphatic rings. The number of benzene rings is 2. The standard InChI is InChI=1S/C24H22N6O2.C24H20N6O/c1-14-17(3-5-22(25)30-14)12-29-24(32)16-6-7-27-20(11-16)9-15-2-4-21-18(8-15)10-19(13-28-21)23(26)31;1-15-18(4-6-23(25)30-15)13-29-24(31)17-7-8-27-20(11-17)10-16-3-5-22-19(9-16)12-21(26-2)14-28-22/h2-8,10-11,13H,9,12H2,1H3,(H2,25,30)(H2,26,31)(H,29,32);3-9,11-12,14H,10,13H2,1H3,(H2,25,30)(H,29,31). The monoisotopic (exact) mass is 834 g/mol. The fourth-order valence-corrected chi connectivity index (χ4v) is 6.76. The smallest absolute Gasteiger partial charge is 0.251 e. The number of hydrogen-bond acceptors (Lipinski definition) is 11. The Morgan fingerprint density at radius 3 is 1.56 bits per heavy atom.